The Morgan fingerprint density at radius 1 is 1.67 bits per heavy atom. The van der Waals surface area contributed by atoms with Crippen molar-refractivity contribution in [3.05, 3.63) is 12.5 Å². The number of carbonyl (C=O) groups is 1. The fourth-order valence-electron chi connectivity index (χ4n) is 0.907. The normalized spacial score (nSPS) is 20.0. The van der Waals surface area contributed by atoms with Crippen LogP contribution in [0.15, 0.2) is 12.5 Å². The maximum absolute atomic E-state index is 10.7. The van der Waals surface area contributed by atoms with Crippen LogP contribution < -0.4 is 0 Å². The average molecular weight is 127 g/mol. The summed E-state index contributed by atoms with van der Waals surface area (Å²) in [6.45, 7) is 0.746. The van der Waals surface area contributed by atoms with Gasteiger partial charge < -0.3 is 10.0 Å². The zero-order valence-corrected chi connectivity index (χ0v) is 5.08. The minimum absolute atomic E-state index is 0.0975. The maximum Gasteiger partial charge on any atom is 0.226 e. The van der Waals surface area contributed by atoms with Crippen LogP contribution in [0.5, 0.6) is 0 Å². The molecule has 0 bridgehead atoms. The first-order valence-electron chi connectivity index (χ1n) is 2.95. The van der Waals surface area contributed by atoms with E-state index in [2.05, 4.69) is 0 Å². The van der Waals surface area contributed by atoms with Gasteiger partial charge in [0.1, 0.15) is 0 Å². The summed E-state index contributed by atoms with van der Waals surface area (Å²) >= 11 is 0. The van der Waals surface area contributed by atoms with E-state index in [9.17, 15) is 4.79 Å². The molecule has 0 radical (unpaired) electrons. The van der Waals surface area contributed by atoms with Crippen molar-refractivity contribution in [3.63, 3.8) is 0 Å². The van der Waals surface area contributed by atoms with Gasteiger partial charge in [-0.05, 0) is 6.42 Å². The predicted molar refractivity (Wildman–Crippen MR) is 32.7 cm³/mol. The number of hydrogen-bond acceptors (Lipinski definition) is 2. The largest absolute Gasteiger partial charge is 0.514 e. The smallest absolute Gasteiger partial charge is 0.226 e. The number of amides is 1. The number of nitrogens with zero attached hydrogens (tertiary/aromatic N) is 1. The van der Waals surface area contributed by atoms with Gasteiger partial charge in [-0.1, -0.05) is 0 Å². The van der Waals surface area contributed by atoms with Gasteiger partial charge in [-0.3, -0.25) is 4.79 Å². The van der Waals surface area contributed by atoms with Gasteiger partial charge >= 0.3 is 0 Å². The quantitative estimate of drug-likeness (QED) is 0.525. The van der Waals surface area contributed by atoms with Crippen LogP contribution in [-0.4, -0.2) is 22.5 Å². The summed E-state index contributed by atoms with van der Waals surface area (Å²) < 4.78 is 0. The number of carbonyl (C=O) groups excluding carboxylic acids is 1. The van der Waals surface area contributed by atoms with Crippen molar-refractivity contribution in [1.29, 1.82) is 0 Å². The SMILES string of the molecule is O=C1CCCN1/C=C/O. The van der Waals surface area contributed by atoms with E-state index in [1.54, 1.807) is 0 Å². The zero-order valence-electron chi connectivity index (χ0n) is 5.08. The first kappa shape index (κ1) is 6.13. The van der Waals surface area contributed by atoms with E-state index in [1.807, 2.05) is 0 Å². The lowest BCUT2D eigenvalue weighted by Crippen LogP contribution is -2.16. The molecule has 50 valence electrons. The molecule has 0 aliphatic carbocycles. The van der Waals surface area contributed by atoms with Gasteiger partial charge in [-0.2, -0.15) is 0 Å². The molecule has 1 rings (SSSR count). The molecule has 0 aromatic rings. The molecular formula is C6H9NO2. The van der Waals surface area contributed by atoms with E-state index in [-0.39, 0.29) is 5.91 Å². The summed E-state index contributed by atoms with van der Waals surface area (Å²) in [6.07, 6.45) is 3.81. The van der Waals surface area contributed by atoms with Crippen molar-refractivity contribution in [2.75, 3.05) is 6.54 Å². The summed E-state index contributed by atoms with van der Waals surface area (Å²) in [5.41, 5.74) is 0. The molecule has 0 aromatic carbocycles. The van der Waals surface area contributed by atoms with Crippen LogP contribution >= 0.6 is 0 Å². The number of hydrogen-bond donors (Lipinski definition) is 1. The van der Waals surface area contributed by atoms with Crippen LogP contribution in [0.4, 0.5) is 0 Å². The predicted octanol–water partition coefficient (Wildman–Crippen LogP) is 0.638. The Labute approximate surface area is 53.6 Å². The third-order valence-corrected chi connectivity index (χ3v) is 1.36. The number of rotatable bonds is 1. The second kappa shape index (κ2) is 2.53. The summed E-state index contributed by atoms with van der Waals surface area (Å²) in [4.78, 5) is 12.2. The zero-order chi connectivity index (χ0) is 6.69. The Morgan fingerprint density at radius 3 is 2.89 bits per heavy atom. The maximum atomic E-state index is 10.7. The van der Waals surface area contributed by atoms with E-state index in [0.717, 1.165) is 19.2 Å². The lowest BCUT2D eigenvalue weighted by molar-refractivity contribution is -0.125. The molecule has 0 unspecified atom stereocenters. The standard InChI is InChI=1S/C6H9NO2/c8-5-4-7-3-1-2-6(7)9/h4-5,8H,1-3H2/b5-4+. The van der Waals surface area contributed by atoms with Gasteiger partial charge in [-0.15, -0.1) is 0 Å². The molecule has 1 aliphatic heterocycles. The van der Waals surface area contributed by atoms with Gasteiger partial charge in [0.2, 0.25) is 5.91 Å². The Bertz CT molecular complexity index is 142. The van der Waals surface area contributed by atoms with Gasteiger partial charge in [0.05, 0.1) is 6.26 Å². The van der Waals surface area contributed by atoms with Crippen molar-refractivity contribution in [2.45, 2.75) is 12.8 Å². The average Bonchev–Trinajstić information content (AvgIpc) is 2.18. The van der Waals surface area contributed by atoms with E-state index in [1.165, 1.54) is 11.1 Å². The lowest BCUT2D eigenvalue weighted by Gasteiger charge is -2.05. The summed E-state index contributed by atoms with van der Waals surface area (Å²) in [6, 6.07) is 0. The van der Waals surface area contributed by atoms with Gasteiger partial charge in [0.25, 0.3) is 0 Å². The molecular weight excluding hydrogens is 118 g/mol. The number of aliphatic hydroxyl groups is 1. The molecule has 1 fully saturated rings. The monoisotopic (exact) mass is 127 g/mol. The summed E-state index contributed by atoms with van der Waals surface area (Å²) in [5, 5.41) is 8.27. The van der Waals surface area contributed by atoms with Crippen molar-refractivity contribution in [1.82, 2.24) is 4.90 Å². The number of likely N-dealkylation sites (tertiary alicyclic amines) is 1. The molecule has 0 atom stereocenters. The van der Waals surface area contributed by atoms with Crippen LogP contribution in [0.3, 0.4) is 0 Å². The van der Waals surface area contributed by atoms with Crippen LogP contribution in [0.1, 0.15) is 12.8 Å². The fraction of sp³-hybridized carbons (Fsp3) is 0.500. The minimum atomic E-state index is 0.0975. The first-order valence-corrected chi connectivity index (χ1v) is 2.95. The summed E-state index contributed by atoms with van der Waals surface area (Å²) in [7, 11) is 0. The van der Waals surface area contributed by atoms with E-state index < -0.39 is 0 Å². The van der Waals surface area contributed by atoms with Crippen molar-refractivity contribution >= 4 is 5.91 Å². The molecule has 0 aromatic heterocycles. The molecule has 1 N–H and O–H groups in total. The Kier molecular flexibility index (Phi) is 1.72. The van der Waals surface area contributed by atoms with E-state index in [4.69, 9.17) is 5.11 Å². The Hall–Kier alpha value is -0.990. The second-order valence-corrected chi connectivity index (χ2v) is 1.99. The van der Waals surface area contributed by atoms with Crippen LogP contribution in [0, 0.1) is 0 Å². The van der Waals surface area contributed by atoms with E-state index >= 15 is 0 Å². The molecule has 1 amide bonds. The highest BCUT2D eigenvalue weighted by molar-refractivity contribution is 5.78. The Balaban J connectivity index is 2.49. The summed E-state index contributed by atoms with van der Waals surface area (Å²) in [5.74, 6) is 0.0975. The third kappa shape index (κ3) is 1.22. The Morgan fingerprint density at radius 2 is 2.44 bits per heavy atom. The molecule has 1 saturated heterocycles. The number of aliphatic hydroxyl groups excluding tert-OH is 1. The molecule has 3 nitrogen and oxygen atoms in total. The highest BCUT2D eigenvalue weighted by atomic mass is 16.2. The van der Waals surface area contributed by atoms with Gasteiger partial charge in [0.15, 0.2) is 0 Å². The molecule has 9 heavy (non-hydrogen) atoms. The third-order valence-electron chi connectivity index (χ3n) is 1.36. The molecule has 1 heterocycles. The van der Waals surface area contributed by atoms with Gasteiger partial charge in [-0.25, -0.2) is 0 Å². The van der Waals surface area contributed by atoms with Gasteiger partial charge in [0, 0.05) is 19.2 Å². The minimum Gasteiger partial charge on any atom is -0.514 e. The van der Waals surface area contributed by atoms with Crippen LogP contribution in [-0.2, 0) is 4.79 Å². The fourth-order valence-corrected chi connectivity index (χ4v) is 0.907. The van der Waals surface area contributed by atoms with Crippen LogP contribution in [0.25, 0.3) is 0 Å². The van der Waals surface area contributed by atoms with Crippen molar-refractivity contribution in [2.24, 2.45) is 0 Å². The molecule has 1 aliphatic rings. The van der Waals surface area contributed by atoms with Crippen molar-refractivity contribution < 1.29 is 9.90 Å². The lowest BCUT2D eigenvalue weighted by atomic mass is 10.4. The molecule has 3 heteroatoms. The topological polar surface area (TPSA) is 40.5 Å². The molecule has 0 saturated carbocycles. The highest BCUT2D eigenvalue weighted by Crippen LogP contribution is 2.08. The van der Waals surface area contributed by atoms with Crippen LogP contribution in [0.2, 0.25) is 0 Å². The second-order valence-electron chi connectivity index (χ2n) is 1.99. The highest BCUT2D eigenvalue weighted by Gasteiger charge is 2.16. The van der Waals surface area contributed by atoms with Crippen molar-refractivity contribution in [3.8, 4) is 0 Å². The first-order chi connectivity index (χ1) is 4.34. The molecule has 0 spiro atoms. The van der Waals surface area contributed by atoms with E-state index in [0.29, 0.717) is 6.42 Å².